The number of benzene rings is 2. The number of pyridine rings is 1. The van der Waals surface area contributed by atoms with Crippen LogP contribution in [0.3, 0.4) is 0 Å². The molecule has 2 heterocycles. The van der Waals surface area contributed by atoms with Crippen LogP contribution in [0, 0.1) is 5.92 Å². The Kier molecular flexibility index (Phi) is 7.58. The molecule has 6 heteroatoms. The molecule has 33 heavy (non-hydrogen) atoms. The van der Waals surface area contributed by atoms with E-state index in [0.29, 0.717) is 6.61 Å². The highest BCUT2D eigenvalue weighted by molar-refractivity contribution is 5.92. The van der Waals surface area contributed by atoms with Gasteiger partial charge in [-0.2, -0.15) is 0 Å². The molecule has 6 nitrogen and oxygen atoms in total. The molecule has 1 fully saturated rings. The van der Waals surface area contributed by atoms with Crippen LogP contribution in [0.25, 0.3) is 0 Å². The predicted octanol–water partition coefficient (Wildman–Crippen LogP) is 4.58. The van der Waals surface area contributed by atoms with Crippen LogP contribution in [-0.2, 0) is 17.9 Å². The predicted molar refractivity (Wildman–Crippen MR) is 132 cm³/mol. The number of hydrogen-bond donors (Lipinski definition) is 1. The number of rotatable bonds is 8. The van der Waals surface area contributed by atoms with Gasteiger partial charge in [0.15, 0.2) is 0 Å². The number of carbonyl (C=O) groups excluding carboxylic acids is 1. The van der Waals surface area contributed by atoms with Crippen molar-refractivity contribution in [1.29, 1.82) is 0 Å². The van der Waals surface area contributed by atoms with Crippen LogP contribution in [0.2, 0.25) is 0 Å². The molecule has 0 radical (unpaired) electrons. The topological polar surface area (TPSA) is 57.7 Å². The van der Waals surface area contributed by atoms with Crippen LogP contribution >= 0.6 is 0 Å². The minimum atomic E-state index is 0.0216. The van der Waals surface area contributed by atoms with Gasteiger partial charge < -0.3 is 19.9 Å². The largest absolute Gasteiger partial charge is 0.489 e. The summed E-state index contributed by atoms with van der Waals surface area (Å²) in [7, 11) is 4.13. The number of nitrogens with one attached hydrogen (secondary N) is 1. The number of piperidine rings is 1. The van der Waals surface area contributed by atoms with E-state index in [0.717, 1.165) is 49.5 Å². The van der Waals surface area contributed by atoms with E-state index in [1.807, 2.05) is 48.8 Å². The zero-order valence-corrected chi connectivity index (χ0v) is 19.4. The Bertz CT molecular complexity index is 1030. The van der Waals surface area contributed by atoms with Crippen molar-refractivity contribution in [2.75, 3.05) is 37.4 Å². The van der Waals surface area contributed by atoms with Crippen molar-refractivity contribution >= 4 is 17.3 Å². The Balaban J connectivity index is 1.27. The zero-order valence-electron chi connectivity index (χ0n) is 19.4. The molecule has 2 aromatic carbocycles. The number of aromatic nitrogens is 1. The van der Waals surface area contributed by atoms with Gasteiger partial charge in [0.2, 0.25) is 5.91 Å². The molecule has 1 N–H and O–H groups in total. The fourth-order valence-corrected chi connectivity index (χ4v) is 4.14. The van der Waals surface area contributed by atoms with Gasteiger partial charge in [0.05, 0.1) is 0 Å². The van der Waals surface area contributed by atoms with E-state index in [1.165, 1.54) is 11.3 Å². The zero-order chi connectivity index (χ0) is 23.0. The van der Waals surface area contributed by atoms with Crippen LogP contribution in [0.4, 0.5) is 11.4 Å². The Morgan fingerprint density at radius 1 is 1.03 bits per heavy atom. The van der Waals surface area contributed by atoms with Gasteiger partial charge >= 0.3 is 0 Å². The molecule has 1 aromatic heterocycles. The molecule has 0 bridgehead atoms. The van der Waals surface area contributed by atoms with Crippen LogP contribution in [-0.4, -0.2) is 43.0 Å². The molecular weight excluding hydrogens is 412 g/mol. The first-order valence-corrected chi connectivity index (χ1v) is 11.5. The SMILES string of the molecule is CN(C)Cc1ccc(COc2cccc(NC(=O)C3CCN(c4ccncc4)CC3)c2)cc1. The van der Waals surface area contributed by atoms with Crippen molar-refractivity contribution in [2.24, 2.45) is 5.92 Å². The van der Waals surface area contributed by atoms with Crippen molar-refractivity contribution in [1.82, 2.24) is 9.88 Å². The average molecular weight is 445 g/mol. The molecule has 4 rings (SSSR count). The summed E-state index contributed by atoms with van der Waals surface area (Å²) in [5.41, 5.74) is 4.34. The monoisotopic (exact) mass is 444 g/mol. The summed E-state index contributed by atoms with van der Waals surface area (Å²) in [6.45, 7) is 3.16. The maximum Gasteiger partial charge on any atom is 0.227 e. The number of anilines is 2. The van der Waals surface area contributed by atoms with Crippen molar-refractivity contribution < 1.29 is 9.53 Å². The van der Waals surface area contributed by atoms with Crippen molar-refractivity contribution in [3.63, 3.8) is 0 Å². The van der Waals surface area contributed by atoms with Gasteiger partial charge in [-0.3, -0.25) is 9.78 Å². The van der Waals surface area contributed by atoms with Crippen molar-refractivity contribution in [3.05, 3.63) is 84.2 Å². The minimum Gasteiger partial charge on any atom is -0.489 e. The summed E-state index contributed by atoms with van der Waals surface area (Å²) in [5.74, 6) is 0.851. The summed E-state index contributed by atoms with van der Waals surface area (Å²) in [4.78, 5) is 21.4. The van der Waals surface area contributed by atoms with E-state index >= 15 is 0 Å². The Morgan fingerprint density at radius 3 is 2.42 bits per heavy atom. The quantitative estimate of drug-likeness (QED) is 0.551. The number of carbonyl (C=O) groups is 1. The Labute approximate surface area is 196 Å². The molecule has 0 unspecified atom stereocenters. The Hall–Kier alpha value is -3.38. The lowest BCUT2D eigenvalue weighted by Gasteiger charge is -2.32. The van der Waals surface area contributed by atoms with Crippen LogP contribution in [0.15, 0.2) is 73.1 Å². The van der Waals surface area contributed by atoms with Crippen LogP contribution in [0.5, 0.6) is 5.75 Å². The lowest BCUT2D eigenvalue weighted by atomic mass is 9.95. The molecule has 1 amide bonds. The summed E-state index contributed by atoms with van der Waals surface area (Å²) in [6.07, 6.45) is 5.30. The summed E-state index contributed by atoms with van der Waals surface area (Å²) < 4.78 is 5.97. The molecule has 3 aromatic rings. The van der Waals surface area contributed by atoms with E-state index < -0.39 is 0 Å². The second-order valence-electron chi connectivity index (χ2n) is 8.83. The van der Waals surface area contributed by atoms with E-state index in [4.69, 9.17) is 4.74 Å². The molecule has 0 atom stereocenters. The third-order valence-corrected chi connectivity index (χ3v) is 5.92. The first-order chi connectivity index (χ1) is 16.1. The fraction of sp³-hybridized carbons (Fsp3) is 0.333. The third-order valence-electron chi connectivity index (χ3n) is 5.92. The van der Waals surface area contributed by atoms with Gasteiger partial charge in [0.25, 0.3) is 0 Å². The Morgan fingerprint density at radius 2 is 1.73 bits per heavy atom. The van der Waals surface area contributed by atoms with E-state index in [9.17, 15) is 4.79 Å². The highest BCUT2D eigenvalue weighted by Gasteiger charge is 2.25. The number of amides is 1. The first kappa shape index (κ1) is 22.8. The summed E-state index contributed by atoms with van der Waals surface area (Å²) >= 11 is 0. The molecule has 0 aliphatic carbocycles. The molecule has 1 saturated heterocycles. The molecule has 0 saturated carbocycles. The molecule has 0 spiro atoms. The highest BCUT2D eigenvalue weighted by atomic mass is 16.5. The van der Waals surface area contributed by atoms with Crippen LogP contribution < -0.4 is 15.0 Å². The lowest BCUT2D eigenvalue weighted by molar-refractivity contribution is -0.120. The minimum absolute atomic E-state index is 0.0216. The lowest BCUT2D eigenvalue weighted by Crippen LogP contribution is -2.38. The van der Waals surface area contributed by atoms with E-state index in [-0.39, 0.29) is 11.8 Å². The van der Waals surface area contributed by atoms with Gasteiger partial charge in [-0.05, 0) is 62.3 Å². The van der Waals surface area contributed by atoms with Crippen LogP contribution in [0.1, 0.15) is 24.0 Å². The standard InChI is InChI=1S/C27H32N4O2/c1-30(2)19-21-6-8-22(9-7-21)20-33-26-5-3-4-24(18-26)29-27(32)23-12-16-31(17-13-23)25-10-14-28-15-11-25/h3-11,14-15,18,23H,12-13,16-17,19-20H2,1-2H3,(H,29,32). The maximum atomic E-state index is 12.8. The molecule has 1 aliphatic rings. The third kappa shape index (κ3) is 6.56. The number of ether oxygens (including phenoxy) is 1. The molecule has 1 aliphatic heterocycles. The number of hydrogen-bond acceptors (Lipinski definition) is 5. The second-order valence-corrected chi connectivity index (χ2v) is 8.83. The summed E-state index contributed by atoms with van der Waals surface area (Å²) in [5, 5.41) is 3.08. The number of nitrogens with zero attached hydrogens (tertiary/aromatic N) is 3. The molecule has 172 valence electrons. The maximum absolute atomic E-state index is 12.8. The van der Waals surface area contributed by atoms with Gasteiger partial charge in [0, 0.05) is 55.4 Å². The van der Waals surface area contributed by atoms with Gasteiger partial charge in [-0.15, -0.1) is 0 Å². The van der Waals surface area contributed by atoms with Gasteiger partial charge in [-0.1, -0.05) is 30.3 Å². The average Bonchev–Trinajstić information content (AvgIpc) is 2.84. The first-order valence-electron chi connectivity index (χ1n) is 11.5. The smallest absolute Gasteiger partial charge is 0.227 e. The summed E-state index contributed by atoms with van der Waals surface area (Å²) in [6, 6.07) is 20.1. The normalized spacial score (nSPS) is 14.3. The van der Waals surface area contributed by atoms with Gasteiger partial charge in [-0.25, -0.2) is 0 Å². The second kappa shape index (κ2) is 11.0. The van der Waals surface area contributed by atoms with Crippen molar-refractivity contribution in [2.45, 2.75) is 26.0 Å². The van der Waals surface area contributed by atoms with E-state index in [1.54, 1.807) is 0 Å². The fourth-order valence-electron chi connectivity index (χ4n) is 4.14. The van der Waals surface area contributed by atoms with Crippen molar-refractivity contribution in [3.8, 4) is 5.75 Å². The van der Waals surface area contributed by atoms with E-state index in [2.05, 4.69) is 58.5 Å². The van der Waals surface area contributed by atoms with Gasteiger partial charge in [0.1, 0.15) is 12.4 Å². The molecular formula is C27H32N4O2. The highest BCUT2D eigenvalue weighted by Crippen LogP contribution is 2.25.